The maximum Gasteiger partial charge on any atom is 0.220 e. The summed E-state index contributed by atoms with van der Waals surface area (Å²) >= 11 is 0. The third-order valence-electron chi connectivity index (χ3n) is 6.51. The molecule has 1 aliphatic heterocycles. The van der Waals surface area contributed by atoms with Gasteiger partial charge in [0.1, 0.15) is 5.75 Å². The van der Waals surface area contributed by atoms with Gasteiger partial charge in [0.25, 0.3) is 0 Å². The van der Waals surface area contributed by atoms with Gasteiger partial charge in [0.2, 0.25) is 5.91 Å². The van der Waals surface area contributed by atoms with E-state index in [1.165, 1.54) is 5.56 Å². The number of likely N-dealkylation sites (tertiary alicyclic amines) is 1. The molecule has 2 aromatic heterocycles. The zero-order chi connectivity index (χ0) is 23.5. The molecule has 3 heterocycles. The SMILES string of the molecule is COc1ccccc1CN1CC[C@@H](c2cc3nc(C)c(CCC(=O)NC(C)C)c(C)n3n2)C1. The van der Waals surface area contributed by atoms with Crippen molar-refractivity contribution in [2.24, 2.45) is 0 Å². The molecule has 1 atom stereocenters. The maximum absolute atomic E-state index is 12.1. The normalized spacial score (nSPS) is 16.6. The van der Waals surface area contributed by atoms with E-state index >= 15 is 0 Å². The highest BCUT2D eigenvalue weighted by molar-refractivity contribution is 5.76. The van der Waals surface area contributed by atoms with Crippen molar-refractivity contribution < 1.29 is 9.53 Å². The van der Waals surface area contributed by atoms with Gasteiger partial charge < -0.3 is 10.1 Å². The molecule has 1 N–H and O–H groups in total. The van der Waals surface area contributed by atoms with Crippen LogP contribution < -0.4 is 10.1 Å². The number of nitrogens with zero attached hydrogens (tertiary/aromatic N) is 4. The molecular weight excluding hydrogens is 414 g/mol. The molecule has 4 rings (SSSR count). The molecule has 0 radical (unpaired) electrons. The standard InChI is InChI=1S/C26H35N5O2/c1-17(2)27-26(32)11-10-22-18(3)28-25-14-23(29-31(25)19(22)4)20-12-13-30(15-20)16-21-8-6-7-9-24(21)33-5/h6-9,14,17,20H,10-13,15-16H2,1-5H3,(H,27,32)/t20-/m1/s1. The summed E-state index contributed by atoms with van der Waals surface area (Å²) in [6.07, 6.45) is 2.21. The zero-order valence-corrected chi connectivity index (χ0v) is 20.4. The lowest BCUT2D eigenvalue weighted by Crippen LogP contribution is -2.30. The van der Waals surface area contributed by atoms with Crippen LogP contribution in [-0.4, -0.2) is 51.6 Å². The molecule has 1 aliphatic rings. The van der Waals surface area contributed by atoms with Gasteiger partial charge in [-0.1, -0.05) is 18.2 Å². The van der Waals surface area contributed by atoms with Gasteiger partial charge >= 0.3 is 0 Å². The summed E-state index contributed by atoms with van der Waals surface area (Å²) in [6.45, 7) is 11.0. The Morgan fingerprint density at radius 1 is 1.27 bits per heavy atom. The Kier molecular flexibility index (Phi) is 6.98. The fourth-order valence-corrected chi connectivity index (χ4v) is 4.83. The number of aromatic nitrogens is 3. The molecule has 7 nitrogen and oxygen atoms in total. The topological polar surface area (TPSA) is 71.8 Å². The number of methoxy groups -OCH3 is 1. The molecule has 1 saturated heterocycles. The van der Waals surface area contributed by atoms with E-state index in [0.717, 1.165) is 60.1 Å². The molecule has 3 aromatic rings. The third-order valence-corrected chi connectivity index (χ3v) is 6.51. The van der Waals surface area contributed by atoms with E-state index in [1.54, 1.807) is 7.11 Å². The van der Waals surface area contributed by atoms with Crippen molar-refractivity contribution in [2.45, 2.75) is 65.5 Å². The molecule has 1 amide bonds. The van der Waals surface area contributed by atoms with Gasteiger partial charge in [-0.25, -0.2) is 9.50 Å². The van der Waals surface area contributed by atoms with Crippen LogP contribution in [0, 0.1) is 13.8 Å². The Balaban J connectivity index is 1.48. The molecule has 0 spiro atoms. The van der Waals surface area contributed by atoms with Crippen LogP contribution in [0.2, 0.25) is 0 Å². The lowest BCUT2D eigenvalue weighted by Gasteiger charge is -2.17. The first-order valence-corrected chi connectivity index (χ1v) is 11.8. The van der Waals surface area contributed by atoms with Gasteiger partial charge in [-0.3, -0.25) is 9.69 Å². The summed E-state index contributed by atoms with van der Waals surface area (Å²) in [5.74, 6) is 1.41. The predicted octanol–water partition coefficient (Wildman–Crippen LogP) is 3.80. The number of rotatable bonds is 8. The number of hydrogen-bond donors (Lipinski definition) is 1. The number of aryl methyl sites for hydroxylation is 2. The fourth-order valence-electron chi connectivity index (χ4n) is 4.83. The molecule has 0 unspecified atom stereocenters. The molecule has 1 aromatic carbocycles. The number of carbonyl (C=O) groups excluding carboxylic acids is 1. The Hall–Kier alpha value is -2.93. The first kappa shape index (κ1) is 23.2. The Morgan fingerprint density at radius 3 is 2.82 bits per heavy atom. The zero-order valence-electron chi connectivity index (χ0n) is 20.4. The van der Waals surface area contributed by atoms with Gasteiger partial charge in [-0.15, -0.1) is 0 Å². The summed E-state index contributed by atoms with van der Waals surface area (Å²) in [5, 5.41) is 7.91. The molecule has 176 valence electrons. The molecular formula is C26H35N5O2. The van der Waals surface area contributed by atoms with Crippen molar-refractivity contribution in [2.75, 3.05) is 20.2 Å². The Bertz CT molecular complexity index is 1140. The van der Waals surface area contributed by atoms with Gasteiger partial charge in [0.15, 0.2) is 5.65 Å². The van der Waals surface area contributed by atoms with E-state index < -0.39 is 0 Å². The van der Waals surface area contributed by atoms with Crippen molar-refractivity contribution in [3.05, 3.63) is 58.5 Å². The third kappa shape index (κ3) is 5.19. The maximum atomic E-state index is 12.1. The number of para-hydroxylation sites is 1. The summed E-state index contributed by atoms with van der Waals surface area (Å²) < 4.78 is 7.48. The summed E-state index contributed by atoms with van der Waals surface area (Å²) in [6, 6.07) is 10.5. The predicted molar refractivity (Wildman–Crippen MR) is 130 cm³/mol. The first-order chi connectivity index (χ1) is 15.9. The number of fused-ring (bicyclic) bond motifs is 1. The fraction of sp³-hybridized carbons (Fsp3) is 0.500. The summed E-state index contributed by atoms with van der Waals surface area (Å²) in [4.78, 5) is 19.4. The van der Waals surface area contributed by atoms with Crippen LogP contribution >= 0.6 is 0 Å². The summed E-state index contributed by atoms with van der Waals surface area (Å²) in [5.41, 5.74) is 6.37. The number of ether oxygens (including phenoxy) is 1. The second-order valence-electron chi connectivity index (χ2n) is 9.36. The quantitative estimate of drug-likeness (QED) is 0.566. The Labute approximate surface area is 196 Å². The molecule has 7 heteroatoms. The van der Waals surface area contributed by atoms with Gasteiger partial charge in [-0.05, 0) is 58.7 Å². The van der Waals surface area contributed by atoms with Crippen LogP contribution in [0.3, 0.4) is 0 Å². The van der Waals surface area contributed by atoms with Crippen LogP contribution in [0.5, 0.6) is 5.75 Å². The second kappa shape index (κ2) is 9.91. The average molecular weight is 450 g/mol. The van der Waals surface area contributed by atoms with Crippen molar-refractivity contribution in [1.29, 1.82) is 0 Å². The van der Waals surface area contributed by atoms with E-state index in [0.29, 0.717) is 18.8 Å². The largest absolute Gasteiger partial charge is 0.496 e. The number of carbonyl (C=O) groups is 1. The van der Waals surface area contributed by atoms with Crippen molar-refractivity contribution in [3.63, 3.8) is 0 Å². The molecule has 1 fully saturated rings. The lowest BCUT2D eigenvalue weighted by atomic mass is 10.1. The van der Waals surface area contributed by atoms with Crippen LogP contribution in [-0.2, 0) is 17.8 Å². The highest BCUT2D eigenvalue weighted by Crippen LogP contribution is 2.30. The van der Waals surface area contributed by atoms with E-state index in [1.807, 2.05) is 37.4 Å². The van der Waals surface area contributed by atoms with Crippen LogP contribution in [0.4, 0.5) is 0 Å². The van der Waals surface area contributed by atoms with Gasteiger partial charge in [0, 0.05) is 54.5 Å². The molecule has 0 aliphatic carbocycles. The Morgan fingerprint density at radius 2 is 2.06 bits per heavy atom. The molecule has 0 saturated carbocycles. The van der Waals surface area contributed by atoms with Gasteiger partial charge in [-0.2, -0.15) is 5.10 Å². The number of benzene rings is 1. The highest BCUT2D eigenvalue weighted by Gasteiger charge is 2.27. The van der Waals surface area contributed by atoms with Gasteiger partial charge in [0.05, 0.1) is 12.8 Å². The molecule has 33 heavy (non-hydrogen) atoms. The second-order valence-corrected chi connectivity index (χ2v) is 9.36. The van der Waals surface area contributed by atoms with E-state index in [2.05, 4.69) is 35.3 Å². The first-order valence-electron chi connectivity index (χ1n) is 11.8. The average Bonchev–Trinajstić information content (AvgIpc) is 3.40. The van der Waals surface area contributed by atoms with E-state index in [-0.39, 0.29) is 11.9 Å². The monoisotopic (exact) mass is 449 g/mol. The van der Waals surface area contributed by atoms with Crippen LogP contribution in [0.15, 0.2) is 30.3 Å². The van der Waals surface area contributed by atoms with E-state index in [4.69, 9.17) is 14.8 Å². The van der Waals surface area contributed by atoms with Crippen LogP contribution in [0.1, 0.15) is 60.8 Å². The van der Waals surface area contributed by atoms with E-state index in [9.17, 15) is 4.79 Å². The number of amides is 1. The lowest BCUT2D eigenvalue weighted by molar-refractivity contribution is -0.121. The number of nitrogens with one attached hydrogen (secondary N) is 1. The van der Waals surface area contributed by atoms with Crippen molar-refractivity contribution in [3.8, 4) is 5.75 Å². The number of hydrogen-bond acceptors (Lipinski definition) is 5. The minimum atomic E-state index is 0.0751. The van der Waals surface area contributed by atoms with Crippen LogP contribution in [0.25, 0.3) is 5.65 Å². The molecule has 0 bridgehead atoms. The van der Waals surface area contributed by atoms with Crippen molar-refractivity contribution in [1.82, 2.24) is 24.8 Å². The summed E-state index contributed by atoms with van der Waals surface area (Å²) in [7, 11) is 1.73. The highest BCUT2D eigenvalue weighted by atomic mass is 16.5. The minimum absolute atomic E-state index is 0.0751. The van der Waals surface area contributed by atoms with Crippen molar-refractivity contribution >= 4 is 11.6 Å². The minimum Gasteiger partial charge on any atom is -0.496 e. The smallest absolute Gasteiger partial charge is 0.220 e.